The molecule has 1 aromatic carbocycles. The quantitative estimate of drug-likeness (QED) is 0.670. The zero-order valence-electron chi connectivity index (χ0n) is 12.9. The van der Waals surface area contributed by atoms with Crippen LogP contribution >= 0.6 is 23.2 Å². The lowest BCUT2D eigenvalue weighted by Gasteiger charge is -2.08. The van der Waals surface area contributed by atoms with Crippen LogP contribution in [-0.4, -0.2) is 17.4 Å². The number of rotatable bonds is 7. The number of carbonyl (C=O) groups is 1. The largest absolute Gasteiger partial charge is 0.370 e. The van der Waals surface area contributed by atoms with Crippen molar-refractivity contribution in [1.82, 2.24) is 4.98 Å². The molecule has 6 heteroatoms. The Morgan fingerprint density at radius 1 is 1.13 bits per heavy atom. The van der Waals surface area contributed by atoms with E-state index in [1.54, 1.807) is 36.5 Å². The first-order chi connectivity index (χ1) is 11.1. The number of nitrogens with one attached hydrogen (secondary N) is 2. The molecule has 0 spiro atoms. The van der Waals surface area contributed by atoms with E-state index in [0.29, 0.717) is 21.3 Å². The van der Waals surface area contributed by atoms with Gasteiger partial charge in [0, 0.05) is 28.5 Å². The predicted octanol–water partition coefficient (Wildman–Crippen LogP) is 5.24. The summed E-state index contributed by atoms with van der Waals surface area (Å²) in [5.74, 6) is 0.511. The topological polar surface area (TPSA) is 54.0 Å². The third-order valence-electron chi connectivity index (χ3n) is 3.23. The Labute approximate surface area is 146 Å². The van der Waals surface area contributed by atoms with Gasteiger partial charge in [-0.2, -0.15) is 0 Å². The molecule has 0 aliphatic heterocycles. The highest BCUT2D eigenvalue weighted by Crippen LogP contribution is 2.22. The molecule has 0 fully saturated rings. The Morgan fingerprint density at radius 3 is 2.48 bits per heavy atom. The summed E-state index contributed by atoms with van der Waals surface area (Å²) in [6.07, 6.45) is 5.02. The number of carbonyl (C=O) groups excluding carboxylic acids is 1. The van der Waals surface area contributed by atoms with E-state index in [2.05, 4.69) is 22.5 Å². The van der Waals surface area contributed by atoms with Crippen molar-refractivity contribution in [3.63, 3.8) is 0 Å². The van der Waals surface area contributed by atoms with E-state index in [1.165, 1.54) is 12.8 Å². The third kappa shape index (κ3) is 5.73. The van der Waals surface area contributed by atoms with Gasteiger partial charge in [-0.05, 0) is 36.8 Å². The Morgan fingerprint density at radius 2 is 1.87 bits per heavy atom. The van der Waals surface area contributed by atoms with E-state index in [0.717, 1.165) is 18.8 Å². The lowest BCUT2D eigenvalue weighted by Crippen LogP contribution is -2.12. The van der Waals surface area contributed by atoms with E-state index in [1.807, 2.05) is 0 Å². The van der Waals surface area contributed by atoms with Crippen molar-refractivity contribution >= 4 is 40.6 Å². The van der Waals surface area contributed by atoms with Crippen LogP contribution in [0.25, 0.3) is 0 Å². The summed E-state index contributed by atoms with van der Waals surface area (Å²) in [4.78, 5) is 16.4. The average Bonchev–Trinajstić information content (AvgIpc) is 2.51. The summed E-state index contributed by atoms with van der Waals surface area (Å²) in [7, 11) is 0. The second-order valence-electron chi connectivity index (χ2n) is 5.18. The van der Waals surface area contributed by atoms with Crippen LogP contribution in [-0.2, 0) is 0 Å². The Hall–Kier alpha value is -1.78. The van der Waals surface area contributed by atoms with Gasteiger partial charge in [0.15, 0.2) is 0 Å². The zero-order valence-corrected chi connectivity index (χ0v) is 14.4. The van der Waals surface area contributed by atoms with E-state index >= 15 is 0 Å². The fourth-order valence-corrected chi connectivity index (χ4v) is 2.58. The minimum absolute atomic E-state index is 0.256. The van der Waals surface area contributed by atoms with Crippen LogP contribution in [0.5, 0.6) is 0 Å². The highest BCUT2D eigenvalue weighted by Gasteiger charge is 2.08. The first-order valence-corrected chi connectivity index (χ1v) is 8.31. The Balaban J connectivity index is 1.94. The molecule has 1 amide bonds. The van der Waals surface area contributed by atoms with Crippen LogP contribution in [0.15, 0.2) is 36.5 Å². The molecule has 0 unspecified atom stereocenters. The smallest absolute Gasteiger partial charge is 0.257 e. The van der Waals surface area contributed by atoms with Gasteiger partial charge in [-0.25, -0.2) is 4.98 Å². The van der Waals surface area contributed by atoms with Gasteiger partial charge in [0.2, 0.25) is 0 Å². The molecule has 122 valence electrons. The van der Waals surface area contributed by atoms with Crippen LogP contribution in [0.1, 0.15) is 36.5 Å². The van der Waals surface area contributed by atoms with Crippen LogP contribution in [0.2, 0.25) is 10.0 Å². The summed E-state index contributed by atoms with van der Waals surface area (Å²) in [5.41, 5.74) is 1.02. The molecule has 2 rings (SSSR count). The van der Waals surface area contributed by atoms with Crippen molar-refractivity contribution in [2.45, 2.75) is 26.2 Å². The van der Waals surface area contributed by atoms with Crippen molar-refractivity contribution in [3.8, 4) is 0 Å². The summed E-state index contributed by atoms with van der Waals surface area (Å²) in [6, 6.07) is 8.42. The molecule has 0 bridgehead atoms. The molecule has 23 heavy (non-hydrogen) atoms. The van der Waals surface area contributed by atoms with Gasteiger partial charge in [-0.15, -0.1) is 0 Å². The van der Waals surface area contributed by atoms with Gasteiger partial charge in [-0.1, -0.05) is 43.0 Å². The minimum atomic E-state index is -0.256. The predicted molar refractivity (Wildman–Crippen MR) is 96.7 cm³/mol. The Bertz CT molecular complexity index is 639. The maximum Gasteiger partial charge on any atom is 0.257 e. The number of halogens is 2. The number of pyridine rings is 1. The standard InChI is InChI=1S/C17H19Cl2N3O/c1-2-3-4-7-20-16-6-5-12(11-21-16)17(23)22-15-9-13(18)8-14(19)10-15/h5-6,8-11H,2-4,7H2,1H3,(H,20,21)(H,22,23). The number of anilines is 2. The number of unbranched alkanes of at least 4 members (excludes halogenated alkanes) is 2. The molecule has 1 aromatic heterocycles. The molecule has 4 nitrogen and oxygen atoms in total. The van der Waals surface area contributed by atoms with Gasteiger partial charge in [0.05, 0.1) is 5.56 Å². The van der Waals surface area contributed by atoms with Crippen molar-refractivity contribution in [3.05, 3.63) is 52.1 Å². The third-order valence-corrected chi connectivity index (χ3v) is 3.67. The van der Waals surface area contributed by atoms with Crippen LogP contribution < -0.4 is 10.6 Å². The lowest BCUT2D eigenvalue weighted by molar-refractivity contribution is 0.102. The van der Waals surface area contributed by atoms with Crippen LogP contribution in [0.3, 0.4) is 0 Å². The van der Waals surface area contributed by atoms with Crippen molar-refractivity contribution in [2.24, 2.45) is 0 Å². The van der Waals surface area contributed by atoms with Gasteiger partial charge in [0.25, 0.3) is 5.91 Å². The Kier molecular flexibility index (Phi) is 6.68. The van der Waals surface area contributed by atoms with Crippen molar-refractivity contribution in [2.75, 3.05) is 17.2 Å². The summed E-state index contributed by atoms with van der Waals surface area (Å²) >= 11 is 11.8. The summed E-state index contributed by atoms with van der Waals surface area (Å²) in [5, 5.41) is 6.92. The van der Waals surface area contributed by atoms with Gasteiger partial charge in [-0.3, -0.25) is 4.79 Å². The molecule has 0 saturated heterocycles. The van der Waals surface area contributed by atoms with Crippen LogP contribution in [0.4, 0.5) is 11.5 Å². The SMILES string of the molecule is CCCCCNc1ccc(C(=O)Nc2cc(Cl)cc(Cl)c2)cn1. The highest BCUT2D eigenvalue weighted by molar-refractivity contribution is 6.35. The minimum Gasteiger partial charge on any atom is -0.370 e. The molecule has 0 aliphatic carbocycles. The molecule has 2 aromatic rings. The maximum absolute atomic E-state index is 12.2. The molecular formula is C17H19Cl2N3O. The molecule has 0 radical (unpaired) electrons. The molecular weight excluding hydrogens is 333 g/mol. The van der Waals surface area contributed by atoms with Gasteiger partial charge >= 0.3 is 0 Å². The normalized spacial score (nSPS) is 10.4. The highest BCUT2D eigenvalue weighted by atomic mass is 35.5. The lowest BCUT2D eigenvalue weighted by atomic mass is 10.2. The first-order valence-electron chi connectivity index (χ1n) is 7.56. The van der Waals surface area contributed by atoms with Crippen LogP contribution in [0, 0.1) is 0 Å². The number of amides is 1. The van der Waals surface area contributed by atoms with Crippen molar-refractivity contribution < 1.29 is 4.79 Å². The molecule has 0 saturated carbocycles. The fraction of sp³-hybridized carbons (Fsp3) is 0.294. The van der Waals surface area contributed by atoms with E-state index < -0.39 is 0 Å². The van der Waals surface area contributed by atoms with Gasteiger partial charge < -0.3 is 10.6 Å². The second-order valence-corrected chi connectivity index (χ2v) is 6.05. The van der Waals surface area contributed by atoms with E-state index in [4.69, 9.17) is 23.2 Å². The molecule has 0 aliphatic rings. The molecule has 2 N–H and O–H groups in total. The summed E-state index contributed by atoms with van der Waals surface area (Å²) < 4.78 is 0. The number of nitrogens with zero attached hydrogens (tertiary/aromatic N) is 1. The molecule has 1 heterocycles. The van der Waals surface area contributed by atoms with Gasteiger partial charge in [0.1, 0.15) is 5.82 Å². The first kappa shape index (κ1) is 17.6. The van der Waals surface area contributed by atoms with Crippen molar-refractivity contribution in [1.29, 1.82) is 0 Å². The maximum atomic E-state index is 12.2. The fourth-order valence-electron chi connectivity index (χ4n) is 2.05. The molecule has 0 atom stereocenters. The summed E-state index contributed by atoms with van der Waals surface area (Å²) in [6.45, 7) is 3.05. The monoisotopic (exact) mass is 351 g/mol. The average molecular weight is 352 g/mol. The number of hydrogen-bond donors (Lipinski definition) is 2. The number of aromatic nitrogens is 1. The second kappa shape index (κ2) is 8.75. The number of benzene rings is 1. The number of hydrogen-bond acceptors (Lipinski definition) is 3. The van der Waals surface area contributed by atoms with E-state index in [9.17, 15) is 4.79 Å². The zero-order chi connectivity index (χ0) is 16.7. The van der Waals surface area contributed by atoms with E-state index in [-0.39, 0.29) is 5.91 Å².